The normalized spacial score (nSPS) is 14.4. The van der Waals surface area contributed by atoms with Crippen LogP contribution in [-0.4, -0.2) is 34.7 Å². The first kappa shape index (κ1) is 24.0. The van der Waals surface area contributed by atoms with Crippen molar-refractivity contribution in [3.63, 3.8) is 0 Å². The van der Waals surface area contributed by atoms with E-state index < -0.39 is 23.8 Å². The second-order valence-corrected chi connectivity index (χ2v) is 9.31. The fraction of sp³-hybridized carbons (Fsp3) is 0.375. The maximum absolute atomic E-state index is 13.5. The van der Waals surface area contributed by atoms with Crippen LogP contribution in [0.2, 0.25) is 0 Å². The van der Waals surface area contributed by atoms with Gasteiger partial charge in [0.25, 0.3) is 0 Å². The lowest BCUT2D eigenvalue weighted by Crippen LogP contribution is -2.49. The van der Waals surface area contributed by atoms with Crippen LogP contribution in [0, 0.1) is 0 Å². The molecule has 0 unspecified atom stereocenters. The molecule has 1 aromatic carbocycles. The Morgan fingerprint density at radius 1 is 1.15 bits per heavy atom. The van der Waals surface area contributed by atoms with Crippen LogP contribution >= 0.6 is 11.3 Å². The van der Waals surface area contributed by atoms with Crippen LogP contribution in [0.15, 0.2) is 47.8 Å². The molecule has 1 N–H and O–H groups in total. The first-order valence-electron chi connectivity index (χ1n) is 11.0. The van der Waals surface area contributed by atoms with Gasteiger partial charge in [-0.25, -0.2) is 0 Å². The highest BCUT2D eigenvalue weighted by Crippen LogP contribution is 2.35. The van der Waals surface area contributed by atoms with E-state index in [0.29, 0.717) is 30.6 Å². The molecule has 0 aliphatic heterocycles. The van der Waals surface area contributed by atoms with Crippen molar-refractivity contribution in [3.05, 3.63) is 69.7 Å². The number of benzene rings is 1. The Morgan fingerprint density at radius 2 is 1.88 bits per heavy atom. The summed E-state index contributed by atoms with van der Waals surface area (Å²) in [6.07, 6.45) is -2.13. The van der Waals surface area contributed by atoms with Gasteiger partial charge >= 0.3 is 6.18 Å². The lowest BCUT2D eigenvalue weighted by Gasteiger charge is -2.25. The van der Waals surface area contributed by atoms with Crippen LogP contribution in [0.5, 0.6) is 0 Å². The summed E-state index contributed by atoms with van der Waals surface area (Å²) in [5, 5.41) is 8.38. The molecule has 6 nitrogen and oxygen atoms in total. The molecule has 0 saturated carbocycles. The number of hydrogen-bond acceptors (Lipinski definition) is 4. The third-order valence-corrected chi connectivity index (χ3v) is 6.81. The molecule has 2 aromatic heterocycles. The highest BCUT2D eigenvalue weighted by molar-refractivity contribution is 7.09. The highest BCUT2D eigenvalue weighted by Gasteiger charge is 2.39. The zero-order valence-electron chi connectivity index (χ0n) is 18.6. The Morgan fingerprint density at radius 3 is 2.56 bits per heavy atom. The Kier molecular flexibility index (Phi) is 7.06. The van der Waals surface area contributed by atoms with E-state index in [0.717, 1.165) is 16.0 Å². The molecule has 10 heteroatoms. The molecular formula is C24H25F3N4O2S. The molecule has 1 atom stereocenters. The first-order valence-corrected chi connectivity index (χ1v) is 11.9. The quantitative estimate of drug-likeness (QED) is 0.539. The van der Waals surface area contributed by atoms with E-state index in [9.17, 15) is 22.8 Å². The Hall–Kier alpha value is -3.14. The number of amides is 2. The number of nitrogens with one attached hydrogen (secondary N) is 1. The largest absolute Gasteiger partial charge is 0.435 e. The third kappa shape index (κ3) is 5.32. The maximum atomic E-state index is 13.5. The van der Waals surface area contributed by atoms with Gasteiger partial charge in [-0.2, -0.15) is 18.3 Å². The molecule has 1 aliphatic rings. The number of nitrogens with zero attached hydrogens (tertiary/aromatic N) is 3. The third-order valence-electron chi connectivity index (χ3n) is 5.91. The molecule has 0 fully saturated rings. The summed E-state index contributed by atoms with van der Waals surface area (Å²) >= 11 is 1.47. The fourth-order valence-corrected chi connectivity index (χ4v) is 5.00. The highest BCUT2D eigenvalue weighted by atomic mass is 32.1. The Labute approximate surface area is 199 Å². The van der Waals surface area contributed by atoms with Crippen LogP contribution in [0.4, 0.5) is 18.9 Å². The number of rotatable bonds is 7. The van der Waals surface area contributed by atoms with E-state index >= 15 is 0 Å². The van der Waals surface area contributed by atoms with Gasteiger partial charge in [0.15, 0.2) is 5.69 Å². The fourth-order valence-electron chi connectivity index (χ4n) is 4.25. The molecule has 4 rings (SSSR count). The molecular weight excluding hydrogens is 465 g/mol. The summed E-state index contributed by atoms with van der Waals surface area (Å²) in [6, 6.07) is 11.9. The molecule has 180 valence electrons. The van der Waals surface area contributed by atoms with Gasteiger partial charge in [-0.1, -0.05) is 24.3 Å². The molecule has 0 spiro atoms. The molecule has 2 heterocycles. The number of hydrogen-bond donors (Lipinski definition) is 1. The lowest BCUT2D eigenvalue weighted by atomic mass is 9.95. The molecule has 1 aliphatic carbocycles. The summed E-state index contributed by atoms with van der Waals surface area (Å²) < 4.78 is 41.6. The summed E-state index contributed by atoms with van der Waals surface area (Å²) in [5.41, 5.74) is 0.400. The minimum atomic E-state index is -4.57. The van der Waals surface area contributed by atoms with Crippen molar-refractivity contribution in [1.29, 1.82) is 0 Å². The predicted molar refractivity (Wildman–Crippen MR) is 124 cm³/mol. The minimum absolute atomic E-state index is 0.182. The number of likely N-dealkylation sites (N-methyl/N-ethyl adjacent to an activating group) is 1. The predicted octanol–water partition coefficient (Wildman–Crippen LogP) is 4.23. The first-order chi connectivity index (χ1) is 16.2. The minimum Gasteiger partial charge on any atom is -0.342 e. The van der Waals surface area contributed by atoms with Gasteiger partial charge in [0, 0.05) is 35.3 Å². The van der Waals surface area contributed by atoms with Crippen LogP contribution in [0.1, 0.15) is 34.7 Å². The number of para-hydroxylation sites is 1. The number of alkyl halides is 3. The van der Waals surface area contributed by atoms with Gasteiger partial charge in [0.05, 0.1) is 0 Å². The van der Waals surface area contributed by atoms with Gasteiger partial charge in [-0.3, -0.25) is 14.3 Å². The van der Waals surface area contributed by atoms with Gasteiger partial charge in [0.2, 0.25) is 11.8 Å². The number of aromatic nitrogens is 2. The van der Waals surface area contributed by atoms with E-state index in [-0.39, 0.29) is 24.4 Å². The number of fused-ring (bicyclic) bond motifs is 1. The van der Waals surface area contributed by atoms with Gasteiger partial charge in [0.1, 0.15) is 12.6 Å². The number of thiophene rings is 1. The zero-order chi connectivity index (χ0) is 24.3. The van der Waals surface area contributed by atoms with Gasteiger partial charge in [-0.05, 0) is 49.3 Å². The average Bonchev–Trinajstić information content (AvgIpc) is 3.46. The lowest BCUT2D eigenvalue weighted by molar-refractivity contribution is -0.142. The topological polar surface area (TPSA) is 67.2 Å². The molecule has 34 heavy (non-hydrogen) atoms. The van der Waals surface area contributed by atoms with E-state index in [1.54, 1.807) is 19.2 Å². The molecule has 0 bridgehead atoms. The van der Waals surface area contributed by atoms with Crippen LogP contribution in [-0.2, 0) is 41.6 Å². The maximum Gasteiger partial charge on any atom is 0.435 e. The molecule has 2 amide bonds. The molecule has 0 saturated heterocycles. The Balaban J connectivity index is 1.54. The Bertz CT molecular complexity index is 1140. The standard InChI is InChI=1S/C24H25F3N4O2S/c1-30(16-8-3-2-4-9-16)23(33)19(14-17-10-7-13-34-17)28-21(32)15-31-20-12-6-5-11-18(20)22(29-31)24(25,26)27/h2-4,7-10,13,19H,5-6,11-12,14-15H2,1H3,(H,28,32)/t19-/m0/s1. The summed E-state index contributed by atoms with van der Waals surface area (Å²) in [5.74, 6) is -0.868. The van der Waals surface area contributed by atoms with Crippen molar-refractivity contribution in [1.82, 2.24) is 15.1 Å². The van der Waals surface area contributed by atoms with Gasteiger partial charge in [-0.15, -0.1) is 11.3 Å². The van der Waals surface area contributed by atoms with E-state index in [4.69, 9.17) is 0 Å². The van der Waals surface area contributed by atoms with Crippen molar-refractivity contribution in [2.75, 3.05) is 11.9 Å². The van der Waals surface area contributed by atoms with Gasteiger partial charge < -0.3 is 10.2 Å². The van der Waals surface area contributed by atoms with E-state index in [1.165, 1.54) is 16.2 Å². The smallest absolute Gasteiger partial charge is 0.342 e. The number of anilines is 1. The number of carbonyl (C=O) groups is 2. The summed E-state index contributed by atoms with van der Waals surface area (Å²) in [4.78, 5) is 28.6. The number of carbonyl (C=O) groups excluding carboxylic acids is 2. The van der Waals surface area contributed by atoms with Crippen molar-refractivity contribution >= 4 is 28.8 Å². The average molecular weight is 491 g/mol. The van der Waals surface area contributed by atoms with Crippen LogP contribution < -0.4 is 10.2 Å². The molecule has 0 radical (unpaired) electrons. The second-order valence-electron chi connectivity index (χ2n) is 8.27. The molecule has 3 aromatic rings. The van der Waals surface area contributed by atoms with Crippen molar-refractivity contribution in [2.45, 2.75) is 50.9 Å². The summed E-state index contributed by atoms with van der Waals surface area (Å²) in [6.45, 7) is -0.373. The summed E-state index contributed by atoms with van der Waals surface area (Å²) in [7, 11) is 1.63. The van der Waals surface area contributed by atoms with Crippen molar-refractivity contribution in [3.8, 4) is 0 Å². The van der Waals surface area contributed by atoms with E-state index in [1.807, 2.05) is 35.7 Å². The number of halogens is 3. The zero-order valence-corrected chi connectivity index (χ0v) is 19.5. The van der Waals surface area contributed by atoms with Crippen LogP contribution in [0.3, 0.4) is 0 Å². The monoisotopic (exact) mass is 490 g/mol. The SMILES string of the molecule is CN(C(=O)[C@H](Cc1cccs1)NC(=O)Cn1nc(C(F)(F)F)c2c1CCCC2)c1ccccc1. The van der Waals surface area contributed by atoms with E-state index in [2.05, 4.69) is 10.4 Å². The van der Waals surface area contributed by atoms with Crippen molar-refractivity contribution < 1.29 is 22.8 Å². The second kappa shape index (κ2) is 10.0. The van der Waals surface area contributed by atoms with Crippen LogP contribution in [0.25, 0.3) is 0 Å². The van der Waals surface area contributed by atoms with Crippen molar-refractivity contribution in [2.24, 2.45) is 0 Å².